The van der Waals surface area contributed by atoms with Gasteiger partial charge in [-0.05, 0) is 31.6 Å². The van der Waals surface area contributed by atoms with Crippen LogP contribution in [-0.2, 0) is 0 Å². The molecule has 0 saturated carbocycles. The highest BCUT2D eigenvalue weighted by Gasteiger charge is 2.22. The maximum absolute atomic E-state index is 3.81. The van der Waals surface area contributed by atoms with Gasteiger partial charge in [0.25, 0.3) is 0 Å². The van der Waals surface area contributed by atoms with Gasteiger partial charge in [0, 0.05) is 12.6 Å². The van der Waals surface area contributed by atoms with E-state index in [1.807, 2.05) is 6.08 Å². The van der Waals surface area contributed by atoms with E-state index in [2.05, 4.69) is 44.2 Å². The summed E-state index contributed by atoms with van der Waals surface area (Å²) >= 11 is 0. The van der Waals surface area contributed by atoms with Crippen molar-refractivity contribution in [3.05, 3.63) is 12.7 Å². The van der Waals surface area contributed by atoms with Crippen molar-refractivity contribution in [2.75, 3.05) is 24.8 Å². The molecule has 1 nitrogen and oxygen atoms in total. The van der Waals surface area contributed by atoms with E-state index in [1.165, 1.54) is 5.75 Å². The minimum absolute atomic E-state index is 0.546. The minimum atomic E-state index is -0.546. The zero-order valence-electron chi connectivity index (χ0n) is 9.84. The Balaban J connectivity index is 4.39. The molecule has 0 aliphatic heterocycles. The number of hydrogen-bond acceptors (Lipinski definition) is 1. The molecule has 0 heterocycles. The molecule has 0 aromatic heterocycles. The molecule has 1 atom stereocenters. The van der Waals surface area contributed by atoms with Crippen LogP contribution < -0.4 is 0 Å². The van der Waals surface area contributed by atoms with Gasteiger partial charge in [0.05, 0.1) is 0 Å². The van der Waals surface area contributed by atoms with Crippen LogP contribution in [0.15, 0.2) is 12.7 Å². The maximum Gasteiger partial charge on any atom is 0.0193 e. The van der Waals surface area contributed by atoms with E-state index in [4.69, 9.17) is 0 Å². The molecule has 13 heavy (non-hydrogen) atoms. The van der Waals surface area contributed by atoms with Crippen molar-refractivity contribution < 1.29 is 0 Å². The number of rotatable bonds is 6. The van der Waals surface area contributed by atoms with Gasteiger partial charge in [0.2, 0.25) is 0 Å². The van der Waals surface area contributed by atoms with Gasteiger partial charge in [0.1, 0.15) is 0 Å². The summed E-state index contributed by atoms with van der Waals surface area (Å²) in [5.41, 5.74) is 0. The van der Waals surface area contributed by atoms with Crippen LogP contribution in [0.2, 0.25) is 0 Å². The molecule has 0 N–H and O–H groups in total. The van der Waals surface area contributed by atoms with E-state index in [1.54, 1.807) is 0 Å². The van der Waals surface area contributed by atoms with Gasteiger partial charge < -0.3 is 0 Å². The average molecular weight is 203 g/mol. The molecule has 0 radical (unpaired) electrons. The molecule has 0 spiro atoms. The summed E-state index contributed by atoms with van der Waals surface area (Å²) in [6.07, 6.45) is 7.93. The highest BCUT2D eigenvalue weighted by atomic mass is 32.3. The highest BCUT2D eigenvalue weighted by molar-refractivity contribution is 8.30. The molecule has 0 fully saturated rings. The summed E-state index contributed by atoms with van der Waals surface area (Å²) in [7, 11) is -0.546. The Morgan fingerprint density at radius 2 is 1.92 bits per heavy atom. The molecule has 0 aliphatic rings. The normalized spacial score (nSPS) is 15.8. The predicted molar refractivity (Wildman–Crippen MR) is 66.6 cm³/mol. The predicted octanol–water partition coefficient (Wildman–Crippen LogP) is 3.27. The first-order valence-electron chi connectivity index (χ1n) is 5.08. The highest BCUT2D eigenvalue weighted by Crippen LogP contribution is 2.45. The van der Waals surface area contributed by atoms with Crippen molar-refractivity contribution in [3.8, 4) is 0 Å². The van der Waals surface area contributed by atoms with Gasteiger partial charge in [-0.3, -0.25) is 4.31 Å². The maximum atomic E-state index is 3.81. The summed E-state index contributed by atoms with van der Waals surface area (Å²) in [4.78, 5) is 0. The molecule has 1 unspecified atom stereocenters. The Morgan fingerprint density at radius 1 is 1.38 bits per heavy atom. The molecule has 0 aromatic carbocycles. The van der Waals surface area contributed by atoms with E-state index in [0.29, 0.717) is 6.04 Å². The average Bonchev–Trinajstić information content (AvgIpc) is 2.05. The Hall–Kier alpha value is 0.0500. The largest absolute Gasteiger partial charge is 0.265 e. The van der Waals surface area contributed by atoms with Crippen molar-refractivity contribution in [1.82, 2.24) is 4.31 Å². The molecular weight excluding hydrogens is 178 g/mol. The van der Waals surface area contributed by atoms with Crippen LogP contribution in [0.1, 0.15) is 27.2 Å². The second-order valence-electron chi connectivity index (χ2n) is 3.88. The zero-order valence-corrected chi connectivity index (χ0v) is 10.7. The van der Waals surface area contributed by atoms with E-state index >= 15 is 0 Å². The summed E-state index contributed by atoms with van der Waals surface area (Å²) in [6, 6.07) is 0.646. The quantitative estimate of drug-likeness (QED) is 0.599. The van der Waals surface area contributed by atoms with E-state index in [-0.39, 0.29) is 0 Å². The lowest BCUT2D eigenvalue weighted by Crippen LogP contribution is -2.35. The van der Waals surface area contributed by atoms with E-state index in [0.717, 1.165) is 13.0 Å². The first kappa shape index (κ1) is 13.1. The lowest BCUT2D eigenvalue weighted by Gasteiger charge is -2.45. The van der Waals surface area contributed by atoms with Crippen molar-refractivity contribution in [1.29, 1.82) is 0 Å². The third kappa shape index (κ3) is 3.74. The summed E-state index contributed by atoms with van der Waals surface area (Å²) in [6.45, 7) is 11.8. The van der Waals surface area contributed by atoms with Crippen LogP contribution in [0, 0.1) is 0 Å². The summed E-state index contributed by atoms with van der Waals surface area (Å²) in [5.74, 6) is 1.28. The molecule has 0 saturated heterocycles. The number of hydrogen-bond donors (Lipinski definition) is 0. The van der Waals surface area contributed by atoms with Crippen LogP contribution in [0.5, 0.6) is 0 Å². The molecule has 0 aliphatic carbocycles. The number of nitrogens with zero attached hydrogens (tertiary/aromatic N) is 1. The van der Waals surface area contributed by atoms with E-state index in [9.17, 15) is 0 Å². The van der Waals surface area contributed by atoms with Gasteiger partial charge in [-0.15, -0.1) is 6.58 Å². The second-order valence-corrected chi connectivity index (χ2v) is 7.88. The van der Waals surface area contributed by atoms with Gasteiger partial charge >= 0.3 is 0 Å². The molecular formula is C11H25NS. The van der Waals surface area contributed by atoms with Crippen LogP contribution >= 0.6 is 10.2 Å². The fraction of sp³-hybridized carbons (Fsp3) is 0.818. The van der Waals surface area contributed by atoms with Crippen LogP contribution in [0.3, 0.4) is 0 Å². The molecule has 0 rings (SSSR count). The van der Waals surface area contributed by atoms with Crippen molar-refractivity contribution in [2.24, 2.45) is 0 Å². The molecule has 2 heteroatoms. The minimum Gasteiger partial charge on any atom is -0.265 e. The summed E-state index contributed by atoms with van der Waals surface area (Å²) in [5, 5.41) is 0. The fourth-order valence-electron chi connectivity index (χ4n) is 1.67. The standard InChI is InChI=1S/C11H25NS/c1-7-10-11(4)12(8-2)13(5,6)9-3/h7,11H,1,8-10H2,2-6H3. The Bertz CT molecular complexity index is 154. The van der Waals surface area contributed by atoms with Crippen LogP contribution in [-0.4, -0.2) is 35.2 Å². The second kappa shape index (κ2) is 5.71. The van der Waals surface area contributed by atoms with Crippen molar-refractivity contribution >= 4 is 10.2 Å². The topological polar surface area (TPSA) is 3.24 Å². The third-order valence-corrected chi connectivity index (χ3v) is 5.95. The first-order valence-corrected chi connectivity index (χ1v) is 7.65. The Morgan fingerprint density at radius 3 is 2.23 bits per heavy atom. The van der Waals surface area contributed by atoms with Gasteiger partial charge in [-0.2, -0.15) is 10.2 Å². The molecule has 0 amide bonds. The molecule has 0 aromatic rings. The lowest BCUT2D eigenvalue weighted by atomic mass is 10.2. The van der Waals surface area contributed by atoms with E-state index < -0.39 is 10.2 Å². The SMILES string of the molecule is C=CCC(C)N(CC)S(C)(C)CC. The molecule has 80 valence electrons. The molecule has 0 bridgehead atoms. The monoisotopic (exact) mass is 203 g/mol. The van der Waals surface area contributed by atoms with Crippen molar-refractivity contribution in [2.45, 2.75) is 33.2 Å². The van der Waals surface area contributed by atoms with Crippen LogP contribution in [0.25, 0.3) is 0 Å². The van der Waals surface area contributed by atoms with Gasteiger partial charge in [0.15, 0.2) is 0 Å². The zero-order chi connectivity index (χ0) is 10.5. The van der Waals surface area contributed by atoms with Gasteiger partial charge in [-0.25, -0.2) is 0 Å². The van der Waals surface area contributed by atoms with Crippen LogP contribution in [0.4, 0.5) is 0 Å². The fourth-order valence-corrected chi connectivity index (χ4v) is 3.76. The smallest absolute Gasteiger partial charge is 0.0193 e. The first-order chi connectivity index (χ1) is 5.99. The van der Waals surface area contributed by atoms with Crippen molar-refractivity contribution in [3.63, 3.8) is 0 Å². The van der Waals surface area contributed by atoms with Gasteiger partial charge in [-0.1, -0.05) is 19.9 Å². The third-order valence-electron chi connectivity index (χ3n) is 2.65. The lowest BCUT2D eigenvalue weighted by molar-refractivity contribution is 0.383. The Labute approximate surface area is 85.7 Å². The summed E-state index contributed by atoms with van der Waals surface area (Å²) < 4.78 is 2.63. The Kier molecular flexibility index (Phi) is 5.73.